The van der Waals surface area contributed by atoms with Gasteiger partial charge in [-0.2, -0.15) is 0 Å². The van der Waals surface area contributed by atoms with E-state index in [1.165, 1.54) is 70.6 Å². The highest BCUT2D eigenvalue weighted by molar-refractivity contribution is 5.76. The molecule has 12 N–H and O–H groups in total. The number of rotatable bonds is 36. The first kappa shape index (κ1) is 62.3. The average molecular weight is 1010 g/mol. The van der Waals surface area contributed by atoms with Gasteiger partial charge in [-0.15, -0.1) is 0 Å². The van der Waals surface area contributed by atoms with Gasteiger partial charge in [-0.05, 0) is 38.5 Å². The smallest absolute Gasteiger partial charge is 0.220 e. The lowest BCUT2D eigenvalue weighted by molar-refractivity contribution is -0.379. The van der Waals surface area contributed by atoms with Crippen LogP contribution in [0.2, 0.25) is 0 Å². The zero-order valence-corrected chi connectivity index (χ0v) is 41.7. The largest absolute Gasteiger partial charge is 0.394 e. The molecule has 3 aliphatic rings. The Morgan fingerprint density at radius 2 is 0.929 bits per heavy atom. The molecule has 3 saturated heterocycles. The maximum atomic E-state index is 13.2. The van der Waals surface area contributed by atoms with Crippen molar-refractivity contribution in [1.82, 2.24) is 5.32 Å². The topological polar surface area (TPSA) is 307 Å². The molecular formula is C51H91NO18. The molecule has 3 fully saturated rings. The summed E-state index contributed by atoms with van der Waals surface area (Å²) in [6.07, 6.45) is 7.38. The Bertz CT molecular complexity index is 1440. The zero-order valence-electron chi connectivity index (χ0n) is 41.7. The van der Waals surface area contributed by atoms with E-state index in [1.54, 1.807) is 6.08 Å². The van der Waals surface area contributed by atoms with Gasteiger partial charge >= 0.3 is 0 Å². The SMILES string of the molecule is CC/C=C/CC/C=C/CC/C=C/C(O)C(COC1OC(CO)C(OC2OC(CO)C(OC3OC(CO)C(O)C(O)C3O)C(O)C2O)C(O)C1O)NC(=O)CCCCCCCCCCCCCCCCC. The fraction of sp³-hybridized carbons (Fsp3) is 0.863. The van der Waals surface area contributed by atoms with Gasteiger partial charge in [-0.25, -0.2) is 0 Å². The van der Waals surface area contributed by atoms with Crippen molar-refractivity contribution in [3.63, 3.8) is 0 Å². The third-order valence-electron chi connectivity index (χ3n) is 13.2. The van der Waals surface area contributed by atoms with Crippen LogP contribution in [0.5, 0.6) is 0 Å². The van der Waals surface area contributed by atoms with Gasteiger partial charge in [0.05, 0.1) is 38.6 Å². The maximum absolute atomic E-state index is 13.2. The van der Waals surface area contributed by atoms with Crippen molar-refractivity contribution in [2.75, 3.05) is 26.4 Å². The number of amides is 1. The molecule has 0 radical (unpaired) electrons. The molecular weight excluding hydrogens is 915 g/mol. The number of nitrogens with one attached hydrogen (secondary N) is 1. The lowest BCUT2D eigenvalue weighted by Crippen LogP contribution is -2.66. The quantitative estimate of drug-likeness (QED) is 0.0316. The molecule has 3 aliphatic heterocycles. The predicted molar refractivity (Wildman–Crippen MR) is 259 cm³/mol. The molecule has 3 heterocycles. The number of unbranched alkanes of at least 4 members (excludes halogenated alkanes) is 16. The van der Waals surface area contributed by atoms with Crippen molar-refractivity contribution in [1.29, 1.82) is 0 Å². The molecule has 0 spiro atoms. The van der Waals surface area contributed by atoms with Crippen LogP contribution in [-0.4, -0.2) is 193 Å². The molecule has 0 aromatic carbocycles. The van der Waals surface area contributed by atoms with Crippen LogP contribution in [0.1, 0.15) is 149 Å². The van der Waals surface area contributed by atoms with Crippen LogP contribution < -0.4 is 5.32 Å². The molecule has 70 heavy (non-hydrogen) atoms. The van der Waals surface area contributed by atoms with Crippen LogP contribution in [0.15, 0.2) is 36.5 Å². The summed E-state index contributed by atoms with van der Waals surface area (Å²) in [5.41, 5.74) is 0. The van der Waals surface area contributed by atoms with Gasteiger partial charge in [-0.1, -0.05) is 140 Å². The first-order valence-corrected chi connectivity index (χ1v) is 26.2. The van der Waals surface area contributed by atoms with E-state index in [4.69, 9.17) is 28.4 Å². The third-order valence-corrected chi connectivity index (χ3v) is 13.2. The number of hydrogen-bond donors (Lipinski definition) is 12. The summed E-state index contributed by atoms with van der Waals surface area (Å²) in [7, 11) is 0. The Labute approximate surface area is 415 Å². The molecule has 3 rings (SSSR count). The Hall–Kier alpha value is -1.99. The highest BCUT2D eigenvalue weighted by Gasteiger charge is 2.53. The van der Waals surface area contributed by atoms with Crippen LogP contribution in [0, 0.1) is 0 Å². The fourth-order valence-electron chi connectivity index (χ4n) is 8.82. The molecule has 0 aromatic rings. The number of aliphatic hydroxyl groups is 11. The van der Waals surface area contributed by atoms with Gasteiger partial charge in [0.1, 0.15) is 73.2 Å². The minimum Gasteiger partial charge on any atom is -0.394 e. The monoisotopic (exact) mass is 1010 g/mol. The van der Waals surface area contributed by atoms with Crippen molar-refractivity contribution in [2.45, 2.75) is 253 Å². The Kier molecular flexibility index (Phi) is 32.1. The van der Waals surface area contributed by atoms with E-state index in [9.17, 15) is 61.0 Å². The van der Waals surface area contributed by atoms with E-state index in [0.717, 1.165) is 44.9 Å². The minimum absolute atomic E-state index is 0.234. The second kappa shape index (κ2) is 36.0. The van der Waals surface area contributed by atoms with Gasteiger partial charge < -0.3 is 89.9 Å². The van der Waals surface area contributed by atoms with Crippen LogP contribution in [-0.2, 0) is 33.2 Å². The van der Waals surface area contributed by atoms with E-state index < -0.39 is 124 Å². The summed E-state index contributed by atoms with van der Waals surface area (Å²) in [5, 5.41) is 119. The normalized spacial score (nSPS) is 32.8. The highest BCUT2D eigenvalue weighted by atomic mass is 16.8. The Balaban J connectivity index is 1.55. The van der Waals surface area contributed by atoms with E-state index in [-0.39, 0.29) is 18.9 Å². The zero-order chi connectivity index (χ0) is 51.3. The second-order valence-electron chi connectivity index (χ2n) is 18.9. The maximum Gasteiger partial charge on any atom is 0.220 e. The van der Waals surface area contributed by atoms with Crippen molar-refractivity contribution < 1.29 is 89.4 Å². The summed E-state index contributed by atoms with van der Waals surface area (Å²) < 4.78 is 34.1. The van der Waals surface area contributed by atoms with Crippen molar-refractivity contribution in [3.05, 3.63) is 36.5 Å². The number of allylic oxidation sites excluding steroid dienone is 5. The minimum atomic E-state index is -1.98. The number of ether oxygens (including phenoxy) is 6. The summed E-state index contributed by atoms with van der Waals surface area (Å²) in [4.78, 5) is 13.2. The molecule has 0 aromatic heterocycles. The Morgan fingerprint density at radius 1 is 0.514 bits per heavy atom. The fourth-order valence-corrected chi connectivity index (χ4v) is 8.82. The van der Waals surface area contributed by atoms with Gasteiger partial charge in [-0.3, -0.25) is 4.79 Å². The van der Waals surface area contributed by atoms with Crippen LogP contribution in [0.25, 0.3) is 0 Å². The highest BCUT2D eigenvalue weighted by Crippen LogP contribution is 2.33. The van der Waals surface area contributed by atoms with Gasteiger partial charge in [0.25, 0.3) is 0 Å². The molecule has 0 saturated carbocycles. The average Bonchev–Trinajstić information content (AvgIpc) is 3.35. The Morgan fingerprint density at radius 3 is 1.41 bits per heavy atom. The van der Waals surface area contributed by atoms with Gasteiger partial charge in [0.15, 0.2) is 18.9 Å². The molecule has 1 amide bonds. The van der Waals surface area contributed by atoms with Crippen LogP contribution >= 0.6 is 0 Å². The van der Waals surface area contributed by atoms with Gasteiger partial charge in [0.2, 0.25) is 5.91 Å². The lowest BCUT2D eigenvalue weighted by atomic mass is 9.96. The predicted octanol–water partition coefficient (Wildman–Crippen LogP) is 2.20. The van der Waals surface area contributed by atoms with Crippen molar-refractivity contribution >= 4 is 5.91 Å². The van der Waals surface area contributed by atoms with Crippen LogP contribution in [0.4, 0.5) is 0 Å². The first-order chi connectivity index (χ1) is 33.8. The van der Waals surface area contributed by atoms with E-state index in [0.29, 0.717) is 12.8 Å². The molecule has 17 atom stereocenters. The summed E-state index contributed by atoms with van der Waals surface area (Å²) >= 11 is 0. The van der Waals surface area contributed by atoms with E-state index in [2.05, 4.69) is 43.5 Å². The molecule has 17 unspecified atom stereocenters. The standard InChI is InChI=1S/C51H91NO18/c1-3-5-7-9-11-13-15-16-17-18-19-21-23-25-27-29-39(57)52-34(35(56)28-26-24-22-20-14-12-10-8-6-4-2)33-65-49-45(63)42(60)47(37(31-54)67-49)70-51-46(64)43(61)48(38(32-55)68-51)69-50-44(62)41(59)40(58)36(30-53)66-50/h6,8,14,20,26,28,34-38,40-51,53-56,58-64H,3-5,7,9-13,15-19,21-25,27,29-33H2,1-2H3,(H,52,57)/b8-6+,20-14+,28-26+. The first-order valence-electron chi connectivity index (χ1n) is 26.2. The van der Waals surface area contributed by atoms with E-state index in [1.807, 2.05) is 6.08 Å². The molecule has 19 heteroatoms. The third kappa shape index (κ3) is 21.5. The molecule has 19 nitrogen and oxygen atoms in total. The number of carbonyl (C=O) groups is 1. The lowest BCUT2D eigenvalue weighted by Gasteiger charge is -2.48. The van der Waals surface area contributed by atoms with Crippen molar-refractivity contribution in [3.8, 4) is 0 Å². The van der Waals surface area contributed by atoms with E-state index >= 15 is 0 Å². The second-order valence-corrected chi connectivity index (χ2v) is 18.9. The number of aliphatic hydroxyl groups excluding tert-OH is 11. The molecule has 408 valence electrons. The summed E-state index contributed by atoms with van der Waals surface area (Å²) in [6.45, 7) is 1.53. The molecule has 0 bridgehead atoms. The van der Waals surface area contributed by atoms with Crippen LogP contribution in [0.3, 0.4) is 0 Å². The number of hydrogen-bond acceptors (Lipinski definition) is 18. The van der Waals surface area contributed by atoms with Crippen molar-refractivity contribution in [2.24, 2.45) is 0 Å². The number of carbonyl (C=O) groups excluding carboxylic acids is 1. The van der Waals surface area contributed by atoms with Gasteiger partial charge in [0, 0.05) is 6.42 Å². The summed E-state index contributed by atoms with van der Waals surface area (Å²) in [6, 6.07) is -0.990. The summed E-state index contributed by atoms with van der Waals surface area (Å²) in [5.74, 6) is -0.294. The molecule has 0 aliphatic carbocycles.